The van der Waals surface area contributed by atoms with Crippen LogP contribution in [0.25, 0.3) is 0 Å². The summed E-state index contributed by atoms with van der Waals surface area (Å²) < 4.78 is 5.66. The minimum atomic E-state index is 0.0133. The minimum absolute atomic E-state index is 0.0133. The molecular formula is C16H23N3O2. The van der Waals surface area contributed by atoms with Gasteiger partial charge in [0.2, 0.25) is 0 Å². The minimum Gasteiger partial charge on any atom is -0.492 e. The molecule has 0 unspecified atom stereocenters. The Morgan fingerprint density at radius 1 is 1.19 bits per heavy atom. The summed E-state index contributed by atoms with van der Waals surface area (Å²) >= 11 is 0. The lowest BCUT2D eigenvalue weighted by Gasteiger charge is -2.21. The summed E-state index contributed by atoms with van der Waals surface area (Å²) in [6.45, 7) is 4.04. The normalized spacial score (nSPS) is 19.0. The zero-order valence-electron chi connectivity index (χ0n) is 12.4. The van der Waals surface area contributed by atoms with Crippen LogP contribution in [0.4, 0.5) is 10.5 Å². The number of hydrogen-bond donors (Lipinski definition) is 2. The number of likely N-dealkylation sites (tertiary alicyclic amines) is 1. The number of benzene rings is 1. The molecule has 0 aromatic heterocycles. The summed E-state index contributed by atoms with van der Waals surface area (Å²) in [7, 11) is 0. The van der Waals surface area contributed by atoms with Gasteiger partial charge < -0.3 is 20.3 Å². The molecule has 2 aliphatic heterocycles. The van der Waals surface area contributed by atoms with Crippen molar-refractivity contribution in [3.05, 3.63) is 23.8 Å². The van der Waals surface area contributed by atoms with E-state index >= 15 is 0 Å². The molecule has 0 radical (unpaired) electrons. The van der Waals surface area contributed by atoms with Crippen LogP contribution < -0.4 is 15.4 Å². The molecule has 0 bridgehead atoms. The van der Waals surface area contributed by atoms with Crippen molar-refractivity contribution in [1.29, 1.82) is 0 Å². The van der Waals surface area contributed by atoms with E-state index in [1.807, 2.05) is 23.1 Å². The Bertz CT molecular complexity index is 496. The van der Waals surface area contributed by atoms with Crippen molar-refractivity contribution in [3.8, 4) is 5.75 Å². The van der Waals surface area contributed by atoms with Gasteiger partial charge in [-0.15, -0.1) is 0 Å². The predicted molar refractivity (Wildman–Crippen MR) is 82.7 cm³/mol. The number of hydrogen-bond acceptors (Lipinski definition) is 3. The molecule has 1 saturated heterocycles. The third-order valence-electron chi connectivity index (χ3n) is 4.06. The van der Waals surface area contributed by atoms with Crippen LogP contribution in [0.15, 0.2) is 18.2 Å². The van der Waals surface area contributed by atoms with E-state index in [4.69, 9.17) is 4.74 Å². The van der Waals surface area contributed by atoms with Crippen LogP contribution in [0, 0.1) is 0 Å². The summed E-state index contributed by atoms with van der Waals surface area (Å²) in [6.07, 6.45) is 4.67. The topological polar surface area (TPSA) is 53.6 Å². The number of urea groups is 1. The fraction of sp³-hybridized carbons (Fsp3) is 0.562. The molecule has 114 valence electrons. The summed E-state index contributed by atoms with van der Waals surface area (Å²) in [5.74, 6) is 0.910. The zero-order chi connectivity index (χ0) is 14.5. The maximum atomic E-state index is 12.3. The Morgan fingerprint density at radius 2 is 2.00 bits per heavy atom. The standard InChI is InChI=1S/C16H23N3O2/c20-16(19-8-3-1-2-4-9-19)18-14-5-6-15-13(11-14)12-17-7-10-21-15/h5-6,11,17H,1-4,7-10,12H2,(H,18,20). The summed E-state index contributed by atoms with van der Waals surface area (Å²) in [5.41, 5.74) is 1.94. The smallest absolute Gasteiger partial charge is 0.321 e. The Balaban J connectivity index is 1.66. The molecule has 2 aliphatic rings. The fourth-order valence-electron chi connectivity index (χ4n) is 2.87. The molecule has 5 heteroatoms. The van der Waals surface area contributed by atoms with Gasteiger partial charge in [0.05, 0.1) is 0 Å². The number of rotatable bonds is 1. The molecule has 1 fully saturated rings. The molecule has 0 atom stereocenters. The number of fused-ring (bicyclic) bond motifs is 1. The molecule has 0 aliphatic carbocycles. The predicted octanol–water partition coefficient (Wildman–Crippen LogP) is 2.58. The number of carbonyl (C=O) groups excluding carboxylic acids is 1. The highest BCUT2D eigenvalue weighted by Gasteiger charge is 2.16. The number of anilines is 1. The number of nitrogens with one attached hydrogen (secondary N) is 2. The van der Waals surface area contributed by atoms with E-state index < -0.39 is 0 Å². The summed E-state index contributed by atoms with van der Waals surface area (Å²) in [6, 6.07) is 5.88. The molecule has 0 spiro atoms. The van der Waals surface area contributed by atoms with Crippen molar-refractivity contribution in [2.45, 2.75) is 32.2 Å². The lowest BCUT2D eigenvalue weighted by molar-refractivity contribution is 0.214. The van der Waals surface area contributed by atoms with Gasteiger partial charge >= 0.3 is 6.03 Å². The van der Waals surface area contributed by atoms with Crippen molar-refractivity contribution in [3.63, 3.8) is 0 Å². The van der Waals surface area contributed by atoms with E-state index in [2.05, 4.69) is 10.6 Å². The number of ether oxygens (including phenoxy) is 1. The highest BCUT2D eigenvalue weighted by atomic mass is 16.5. The Hall–Kier alpha value is -1.75. The molecule has 1 aromatic rings. The van der Waals surface area contributed by atoms with Gasteiger partial charge in [-0.3, -0.25) is 0 Å². The van der Waals surface area contributed by atoms with Gasteiger partial charge in [0, 0.05) is 37.4 Å². The fourth-order valence-corrected chi connectivity index (χ4v) is 2.87. The van der Waals surface area contributed by atoms with E-state index in [0.717, 1.165) is 56.0 Å². The summed E-state index contributed by atoms with van der Waals surface area (Å²) in [4.78, 5) is 14.2. The SMILES string of the molecule is O=C(Nc1ccc2c(c1)CNCCO2)N1CCCCCC1. The van der Waals surface area contributed by atoms with Gasteiger partial charge in [-0.1, -0.05) is 12.8 Å². The maximum absolute atomic E-state index is 12.3. The first-order chi connectivity index (χ1) is 10.3. The van der Waals surface area contributed by atoms with Crippen LogP contribution in [0.1, 0.15) is 31.2 Å². The van der Waals surface area contributed by atoms with Gasteiger partial charge in [-0.25, -0.2) is 4.79 Å². The Kier molecular flexibility index (Phi) is 4.60. The van der Waals surface area contributed by atoms with Gasteiger partial charge in [-0.05, 0) is 31.0 Å². The first kappa shape index (κ1) is 14.2. The second kappa shape index (κ2) is 6.80. The molecular weight excluding hydrogens is 266 g/mol. The first-order valence-electron chi connectivity index (χ1n) is 7.85. The van der Waals surface area contributed by atoms with Gasteiger partial charge in [0.1, 0.15) is 12.4 Å². The Morgan fingerprint density at radius 3 is 2.81 bits per heavy atom. The van der Waals surface area contributed by atoms with Crippen molar-refractivity contribution in [2.75, 3.05) is 31.6 Å². The van der Waals surface area contributed by atoms with Crippen LogP contribution >= 0.6 is 0 Å². The second-order valence-corrected chi connectivity index (χ2v) is 5.68. The molecule has 2 N–H and O–H groups in total. The second-order valence-electron chi connectivity index (χ2n) is 5.68. The first-order valence-corrected chi connectivity index (χ1v) is 7.85. The van der Waals surface area contributed by atoms with Crippen LogP contribution in [0.3, 0.4) is 0 Å². The van der Waals surface area contributed by atoms with E-state index in [1.165, 1.54) is 12.8 Å². The molecule has 1 aromatic carbocycles. The molecule has 0 saturated carbocycles. The highest BCUT2D eigenvalue weighted by molar-refractivity contribution is 5.89. The number of amides is 2. The third-order valence-corrected chi connectivity index (χ3v) is 4.06. The average Bonchev–Trinajstić information content (AvgIpc) is 2.89. The average molecular weight is 289 g/mol. The third kappa shape index (κ3) is 3.67. The molecule has 5 nitrogen and oxygen atoms in total. The van der Waals surface area contributed by atoms with E-state index in [1.54, 1.807) is 0 Å². The van der Waals surface area contributed by atoms with Crippen LogP contribution in [-0.4, -0.2) is 37.2 Å². The van der Waals surface area contributed by atoms with Crippen molar-refractivity contribution < 1.29 is 9.53 Å². The van der Waals surface area contributed by atoms with Crippen molar-refractivity contribution >= 4 is 11.7 Å². The number of nitrogens with zero attached hydrogens (tertiary/aromatic N) is 1. The molecule has 2 heterocycles. The van der Waals surface area contributed by atoms with Crippen molar-refractivity contribution in [2.24, 2.45) is 0 Å². The van der Waals surface area contributed by atoms with E-state index in [-0.39, 0.29) is 6.03 Å². The molecule has 3 rings (SSSR count). The van der Waals surface area contributed by atoms with Crippen LogP contribution in [0.5, 0.6) is 5.75 Å². The summed E-state index contributed by atoms with van der Waals surface area (Å²) in [5, 5.41) is 6.32. The number of carbonyl (C=O) groups is 1. The van der Waals surface area contributed by atoms with Gasteiger partial charge in [-0.2, -0.15) is 0 Å². The van der Waals surface area contributed by atoms with Crippen LogP contribution in [0.2, 0.25) is 0 Å². The zero-order valence-corrected chi connectivity index (χ0v) is 12.4. The lowest BCUT2D eigenvalue weighted by atomic mass is 10.1. The Labute approximate surface area is 125 Å². The monoisotopic (exact) mass is 289 g/mol. The highest BCUT2D eigenvalue weighted by Crippen LogP contribution is 2.24. The largest absolute Gasteiger partial charge is 0.492 e. The molecule has 2 amide bonds. The lowest BCUT2D eigenvalue weighted by Crippen LogP contribution is -2.35. The van der Waals surface area contributed by atoms with E-state index in [0.29, 0.717) is 6.61 Å². The van der Waals surface area contributed by atoms with Gasteiger partial charge in [0.25, 0.3) is 0 Å². The molecule has 21 heavy (non-hydrogen) atoms. The van der Waals surface area contributed by atoms with Gasteiger partial charge in [0.15, 0.2) is 0 Å². The quantitative estimate of drug-likeness (QED) is 0.835. The maximum Gasteiger partial charge on any atom is 0.321 e. The van der Waals surface area contributed by atoms with E-state index in [9.17, 15) is 4.79 Å². The van der Waals surface area contributed by atoms with Crippen LogP contribution in [-0.2, 0) is 6.54 Å². The van der Waals surface area contributed by atoms with Crippen molar-refractivity contribution in [1.82, 2.24) is 10.2 Å².